The number of rotatable bonds is 8. The van der Waals surface area contributed by atoms with Crippen molar-refractivity contribution in [3.8, 4) is 0 Å². The van der Waals surface area contributed by atoms with E-state index in [4.69, 9.17) is 9.47 Å². The minimum atomic E-state index is -0.107. The van der Waals surface area contributed by atoms with Crippen LogP contribution >= 0.6 is 0 Å². The first-order chi connectivity index (χ1) is 9.66. The molecule has 0 bridgehead atoms. The Morgan fingerprint density at radius 2 is 1.81 bits per heavy atom. The van der Waals surface area contributed by atoms with E-state index in [0.717, 1.165) is 12.2 Å². The van der Waals surface area contributed by atoms with Gasteiger partial charge in [-0.05, 0) is 41.5 Å². The van der Waals surface area contributed by atoms with Gasteiger partial charge in [-0.25, -0.2) is 4.68 Å². The van der Waals surface area contributed by atoms with Crippen molar-refractivity contribution in [2.24, 2.45) is 0 Å². The highest BCUT2D eigenvalue weighted by molar-refractivity contribution is 4.92. The fraction of sp³-hybridized carbons (Fsp3) is 0.867. The van der Waals surface area contributed by atoms with Crippen molar-refractivity contribution in [3.63, 3.8) is 0 Å². The molecule has 0 atom stereocenters. The van der Waals surface area contributed by atoms with Gasteiger partial charge in [0.05, 0.1) is 37.7 Å². The number of aromatic nitrogens is 3. The summed E-state index contributed by atoms with van der Waals surface area (Å²) in [4.78, 5) is 0. The van der Waals surface area contributed by atoms with Gasteiger partial charge in [-0.3, -0.25) is 0 Å². The number of nitrogens with one attached hydrogen (secondary N) is 1. The molecule has 0 unspecified atom stereocenters. The van der Waals surface area contributed by atoms with Gasteiger partial charge in [0.2, 0.25) is 0 Å². The Morgan fingerprint density at radius 1 is 1.10 bits per heavy atom. The van der Waals surface area contributed by atoms with E-state index in [-0.39, 0.29) is 11.1 Å². The molecule has 0 radical (unpaired) electrons. The van der Waals surface area contributed by atoms with E-state index >= 15 is 0 Å². The van der Waals surface area contributed by atoms with Gasteiger partial charge in [0.15, 0.2) is 0 Å². The predicted molar refractivity (Wildman–Crippen MR) is 83.1 cm³/mol. The van der Waals surface area contributed by atoms with Crippen LogP contribution in [0, 0.1) is 0 Å². The molecule has 0 fully saturated rings. The summed E-state index contributed by atoms with van der Waals surface area (Å²) < 4.78 is 12.9. The monoisotopic (exact) mass is 298 g/mol. The van der Waals surface area contributed by atoms with Crippen LogP contribution in [0.1, 0.15) is 47.2 Å². The van der Waals surface area contributed by atoms with Crippen molar-refractivity contribution in [1.82, 2.24) is 20.3 Å². The number of ether oxygens (including phenoxy) is 2. The lowest BCUT2D eigenvalue weighted by Gasteiger charge is -2.19. The van der Waals surface area contributed by atoms with E-state index in [0.29, 0.717) is 26.4 Å². The van der Waals surface area contributed by atoms with Crippen molar-refractivity contribution in [2.75, 3.05) is 19.8 Å². The molecule has 1 rings (SSSR count). The summed E-state index contributed by atoms with van der Waals surface area (Å²) in [6.45, 7) is 15.8. The lowest BCUT2D eigenvalue weighted by atomic mass is 10.1. The smallest absolute Gasteiger partial charge is 0.0965 e. The Balaban J connectivity index is 2.15. The topological polar surface area (TPSA) is 61.2 Å². The van der Waals surface area contributed by atoms with Crippen LogP contribution < -0.4 is 5.32 Å². The quantitative estimate of drug-likeness (QED) is 0.744. The minimum absolute atomic E-state index is 0.0833. The molecule has 0 saturated carbocycles. The van der Waals surface area contributed by atoms with Gasteiger partial charge in [-0.1, -0.05) is 5.21 Å². The normalized spacial score (nSPS) is 12.9. The van der Waals surface area contributed by atoms with E-state index in [1.165, 1.54) is 0 Å². The lowest BCUT2D eigenvalue weighted by Crippen LogP contribution is -2.35. The average molecular weight is 298 g/mol. The highest BCUT2D eigenvalue weighted by Crippen LogP contribution is 2.05. The van der Waals surface area contributed by atoms with Crippen LogP contribution in [0.3, 0.4) is 0 Å². The van der Waals surface area contributed by atoms with E-state index < -0.39 is 0 Å². The third-order valence-electron chi connectivity index (χ3n) is 2.61. The zero-order valence-electron chi connectivity index (χ0n) is 14.3. The summed E-state index contributed by atoms with van der Waals surface area (Å²) in [5, 5.41) is 11.6. The van der Waals surface area contributed by atoms with Gasteiger partial charge in [0.25, 0.3) is 0 Å². The molecule has 1 aromatic rings. The molecule has 0 spiro atoms. The van der Waals surface area contributed by atoms with Crippen molar-refractivity contribution in [2.45, 2.75) is 65.8 Å². The van der Waals surface area contributed by atoms with E-state index in [1.807, 2.05) is 31.6 Å². The van der Waals surface area contributed by atoms with Crippen LogP contribution in [0.5, 0.6) is 0 Å². The summed E-state index contributed by atoms with van der Waals surface area (Å²) >= 11 is 0. The number of hydrogen-bond acceptors (Lipinski definition) is 5. The van der Waals surface area contributed by atoms with E-state index in [9.17, 15) is 0 Å². The first kappa shape index (κ1) is 18.1. The fourth-order valence-corrected chi connectivity index (χ4v) is 1.55. The molecule has 0 aliphatic rings. The Morgan fingerprint density at radius 3 is 2.43 bits per heavy atom. The highest BCUT2D eigenvalue weighted by Gasteiger charge is 2.10. The molecular formula is C15H30N4O2. The van der Waals surface area contributed by atoms with Crippen molar-refractivity contribution in [3.05, 3.63) is 11.9 Å². The molecule has 6 heteroatoms. The molecular weight excluding hydrogens is 268 g/mol. The maximum atomic E-state index is 5.58. The van der Waals surface area contributed by atoms with Crippen LogP contribution in [-0.4, -0.2) is 46.0 Å². The fourth-order valence-electron chi connectivity index (χ4n) is 1.55. The first-order valence-electron chi connectivity index (χ1n) is 7.51. The summed E-state index contributed by atoms with van der Waals surface area (Å²) in [6, 6.07) is 0. The molecule has 21 heavy (non-hydrogen) atoms. The maximum absolute atomic E-state index is 5.58. The van der Waals surface area contributed by atoms with Crippen LogP contribution in [0.4, 0.5) is 0 Å². The molecule has 0 aliphatic heterocycles. The highest BCUT2D eigenvalue weighted by atomic mass is 16.5. The predicted octanol–water partition coefficient (Wildman–Crippen LogP) is 2.00. The van der Waals surface area contributed by atoms with Crippen LogP contribution in [-0.2, 0) is 22.6 Å². The number of nitrogens with zero attached hydrogens (tertiary/aromatic N) is 3. The van der Waals surface area contributed by atoms with Crippen LogP contribution in [0.2, 0.25) is 0 Å². The Labute approximate surface area is 128 Å². The summed E-state index contributed by atoms with van der Waals surface area (Å²) in [5.74, 6) is 0. The summed E-state index contributed by atoms with van der Waals surface area (Å²) in [7, 11) is 0. The average Bonchev–Trinajstić information content (AvgIpc) is 2.77. The van der Waals surface area contributed by atoms with E-state index in [2.05, 4.69) is 36.4 Å². The third kappa shape index (κ3) is 9.55. The second-order valence-electron chi connectivity index (χ2n) is 7.15. The van der Waals surface area contributed by atoms with Gasteiger partial charge in [0.1, 0.15) is 0 Å². The SMILES string of the molecule is CC(C)(C)NCc1cn(CCOCCOC(C)(C)C)nn1. The summed E-state index contributed by atoms with van der Waals surface area (Å²) in [5.41, 5.74) is 0.922. The molecule has 0 saturated heterocycles. The Kier molecular flexibility index (Phi) is 6.77. The largest absolute Gasteiger partial charge is 0.377 e. The van der Waals surface area contributed by atoms with Gasteiger partial charge in [-0.2, -0.15) is 0 Å². The third-order valence-corrected chi connectivity index (χ3v) is 2.61. The lowest BCUT2D eigenvalue weighted by molar-refractivity contribution is -0.0359. The maximum Gasteiger partial charge on any atom is 0.0965 e. The van der Waals surface area contributed by atoms with Crippen molar-refractivity contribution >= 4 is 0 Å². The zero-order valence-corrected chi connectivity index (χ0v) is 14.3. The Bertz CT molecular complexity index is 405. The molecule has 0 aromatic carbocycles. The molecule has 1 N–H and O–H groups in total. The standard InChI is InChI=1S/C15H30N4O2/c1-14(2,3)16-11-13-12-19(18-17-13)7-8-20-9-10-21-15(4,5)6/h12,16H,7-11H2,1-6H3. The summed E-state index contributed by atoms with van der Waals surface area (Å²) in [6.07, 6.45) is 1.95. The zero-order chi connectivity index (χ0) is 15.9. The Hall–Kier alpha value is -0.980. The van der Waals surface area contributed by atoms with Gasteiger partial charge >= 0.3 is 0 Å². The van der Waals surface area contributed by atoms with Gasteiger partial charge in [0, 0.05) is 18.3 Å². The molecule has 6 nitrogen and oxygen atoms in total. The molecule has 0 aliphatic carbocycles. The first-order valence-corrected chi connectivity index (χ1v) is 7.51. The molecule has 1 aromatic heterocycles. The van der Waals surface area contributed by atoms with Crippen molar-refractivity contribution < 1.29 is 9.47 Å². The van der Waals surface area contributed by atoms with Crippen LogP contribution in [0.25, 0.3) is 0 Å². The minimum Gasteiger partial charge on any atom is -0.377 e. The van der Waals surface area contributed by atoms with Gasteiger partial charge < -0.3 is 14.8 Å². The second-order valence-corrected chi connectivity index (χ2v) is 7.15. The molecule has 122 valence electrons. The second kappa shape index (κ2) is 7.87. The van der Waals surface area contributed by atoms with E-state index in [1.54, 1.807) is 0 Å². The molecule has 1 heterocycles. The van der Waals surface area contributed by atoms with Crippen molar-refractivity contribution in [1.29, 1.82) is 0 Å². The van der Waals surface area contributed by atoms with Gasteiger partial charge in [-0.15, -0.1) is 5.10 Å². The molecule has 0 amide bonds. The number of hydrogen-bond donors (Lipinski definition) is 1. The van der Waals surface area contributed by atoms with Crippen LogP contribution in [0.15, 0.2) is 6.20 Å².